The molecule has 2 rings (SSSR count). The first-order chi connectivity index (χ1) is 12.9. The summed E-state index contributed by atoms with van der Waals surface area (Å²) >= 11 is 0. The number of rotatable bonds is 10. The van der Waals surface area contributed by atoms with Crippen molar-refractivity contribution in [2.45, 2.75) is 57.0 Å². The monoisotopic (exact) mass is 380 g/mol. The maximum Gasteiger partial charge on any atom is 0.220 e. The zero-order chi connectivity index (χ0) is 19.9. The van der Waals surface area contributed by atoms with Gasteiger partial charge in [0, 0.05) is 25.5 Å². The molecule has 1 aromatic carbocycles. The normalized spacial score (nSPS) is 20.2. The lowest BCUT2D eigenvalue weighted by molar-refractivity contribution is -0.123. The minimum atomic E-state index is -0.500. The second-order valence-corrected chi connectivity index (χ2v) is 7.10. The molecule has 1 aromatic rings. The molecule has 150 valence electrons. The number of carbonyl (C=O) groups is 2. The summed E-state index contributed by atoms with van der Waals surface area (Å²) in [4.78, 5) is 24.2. The summed E-state index contributed by atoms with van der Waals surface area (Å²) in [5.74, 6) is -0.324. The van der Waals surface area contributed by atoms with Crippen LogP contribution in [0.25, 0.3) is 0 Å². The van der Waals surface area contributed by atoms with Crippen molar-refractivity contribution in [2.24, 2.45) is 0 Å². The van der Waals surface area contributed by atoms with Gasteiger partial charge in [-0.25, -0.2) is 4.39 Å². The van der Waals surface area contributed by atoms with E-state index in [9.17, 15) is 14.0 Å². The van der Waals surface area contributed by atoms with Crippen LogP contribution < -0.4 is 15.4 Å². The highest BCUT2D eigenvalue weighted by atomic mass is 19.1. The van der Waals surface area contributed by atoms with E-state index in [1.165, 1.54) is 13.2 Å². The average molecular weight is 380 g/mol. The molecule has 1 heterocycles. The number of carbonyl (C=O) groups excluding carboxylic acids is 2. The van der Waals surface area contributed by atoms with Crippen molar-refractivity contribution in [3.63, 3.8) is 0 Å². The van der Waals surface area contributed by atoms with Crippen molar-refractivity contribution in [2.75, 3.05) is 20.8 Å². The van der Waals surface area contributed by atoms with Crippen molar-refractivity contribution >= 4 is 11.8 Å². The Morgan fingerprint density at radius 1 is 1.41 bits per heavy atom. The van der Waals surface area contributed by atoms with Gasteiger partial charge in [-0.2, -0.15) is 0 Å². The highest BCUT2D eigenvalue weighted by Crippen LogP contribution is 2.31. The highest BCUT2D eigenvalue weighted by molar-refractivity contribution is 5.80. The Bertz CT molecular complexity index is 667. The van der Waals surface area contributed by atoms with Gasteiger partial charge in [0.25, 0.3) is 0 Å². The van der Waals surface area contributed by atoms with Gasteiger partial charge in [0.15, 0.2) is 11.6 Å². The van der Waals surface area contributed by atoms with E-state index >= 15 is 0 Å². The molecule has 1 aliphatic heterocycles. The molecule has 6 nitrogen and oxygen atoms in total. The van der Waals surface area contributed by atoms with Crippen LogP contribution in [-0.4, -0.2) is 44.2 Å². The number of halogens is 1. The van der Waals surface area contributed by atoms with Crippen molar-refractivity contribution in [3.05, 3.63) is 29.6 Å². The van der Waals surface area contributed by atoms with Crippen LogP contribution in [0.15, 0.2) is 18.2 Å². The molecule has 0 saturated carbocycles. The SMILES string of the molecule is CC[C@H](COC)NC(=O)CC[C@@]1(Cc2ccc(F)c(OC)c2)CCC(=O)N1. The topological polar surface area (TPSA) is 76.7 Å². The van der Waals surface area contributed by atoms with E-state index in [-0.39, 0.29) is 23.6 Å². The van der Waals surface area contributed by atoms with E-state index in [1.807, 2.05) is 6.92 Å². The Morgan fingerprint density at radius 3 is 2.78 bits per heavy atom. The largest absolute Gasteiger partial charge is 0.494 e. The molecule has 0 aromatic heterocycles. The van der Waals surface area contributed by atoms with Crippen LogP contribution in [0.3, 0.4) is 0 Å². The Balaban J connectivity index is 2.04. The molecule has 1 aliphatic rings. The van der Waals surface area contributed by atoms with Crippen LogP contribution >= 0.6 is 0 Å². The molecule has 0 aliphatic carbocycles. The maximum absolute atomic E-state index is 13.7. The first-order valence-corrected chi connectivity index (χ1v) is 9.33. The highest BCUT2D eigenvalue weighted by Gasteiger charge is 2.38. The molecule has 0 bridgehead atoms. The Morgan fingerprint density at radius 2 is 2.19 bits per heavy atom. The molecule has 1 fully saturated rings. The summed E-state index contributed by atoms with van der Waals surface area (Å²) in [6.45, 7) is 2.46. The van der Waals surface area contributed by atoms with Crippen molar-refractivity contribution in [3.8, 4) is 5.75 Å². The van der Waals surface area contributed by atoms with Crippen LogP contribution in [-0.2, 0) is 20.7 Å². The Labute approximate surface area is 159 Å². The Hall–Kier alpha value is -2.15. The number of ether oxygens (including phenoxy) is 2. The van der Waals surface area contributed by atoms with Gasteiger partial charge in [-0.05, 0) is 43.4 Å². The molecule has 27 heavy (non-hydrogen) atoms. The molecule has 2 atom stereocenters. The van der Waals surface area contributed by atoms with Gasteiger partial charge < -0.3 is 20.1 Å². The van der Waals surface area contributed by atoms with Gasteiger partial charge >= 0.3 is 0 Å². The van der Waals surface area contributed by atoms with Crippen LogP contribution in [0, 0.1) is 5.82 Å². The zero-order valence-electron chi connectivity index (χ0n) is 16.3. The second kappa shape index (κ2) is 9.69. The van der Waals surface area contributed by atoms with E-state index in [0.717, 1.165) is 12.0 Å². The molecule has 2 N–H and O–H groups in total. The van der Waals surface area contributed by atoms with Crippen molar-refractivity contribution in [1.29, 1.82) is 0 Å². The summed E-state index contributed by atoms with van der Waals surface area (Å²) in [6, 6.07) is 4.68. The van der Waals surface area contributed by atoms with Gasteiger partial charge in [0.1, 0.15) is 0 Å². The smallest absolute Gasteiger partial charge is 0.220 e. The number of nitrogens with one attached hydrogen (secondary N) is 2. The maximum atomic E-state index is 13.7. The molecule has 0 unspecified atom stereocenters. The van der Waals surface area contributed by atoms with Crippen LogP contribution in [0.5, 0.6) is 5.75 Å². The molecule has 1 saturated heterocycles. The Kier molecular flexibility index (Phi) is 7.59. The third-order valence-corrected chi connectivity index (χ3v) is 5.05. The molecule has 0 radical (unpaired) electrons. The van der Waals surface area contributed by atoms with Crippen molar-refractivity contribution < 1.29 is 23.5 Å². The van der Waals surface area contributed by atoms with Gasteiger partial charge in [-0.15, -0.1) is 0 Å². The standard InChI is InChI=1S/C20H29FN2O4/c1-4-15(13-26-2)22-18(24)7-9-20(10-8-19(25)23-20)12-14-5-6-16(21)17(11-14)27-3/h5-6,11,15H,4,7-10,12-13H2,1-3H3,(H,22,24)(H,23,25)/t15-,20+/m1/s1. The lowest BCUT2D eigenvalue weighted by Gasteiger charge is -2.30. The van der Waals surface area contributed by atoms with E-state index < -0.39 is 11.4 Å². The fraction of sp³-hybridized carbons (Fsp3) is 0.600. The number of benzene rings is 1. The zero-order valence-corrected chi connectivity index (χ0v) is 16.3. The fourth-order valence-corrected chi connectivity index (χ4v) is 3.50. The fourth-order valence-electron chi connectivity index (χ4n) is 3.50. The van der Waals surface area contributed by atoms with Crippen molar-refractivity contribution in [1.82, 2.24) is 10.6 Å². The lowest BCUT2D eigenvalue weighted by Crippen LogP contribution is -2.45. The summed E-state index contributed by atoms with van der Waals surface area (Å²) in [6.07, 6.45) is 3.22. The molecule has 0 spiro atoms. The van der Waals surface area contributed by atoms with E-state index in [0.29, 0.717) is 38.7 Å². The minimum absolute atomic E-state index is 0.0158. The van der Waals surface area contributed by atoms with Crippen LogP contribution in [0.2, 0.25) is 0 Å². The van der Waals surface area contributed by atoms with E-state index in [4.69, 9.17) is 9.47 Å². The number of methoxy groups -OCH3 is 2. The van der Waals surface area contributed by atoms with Gasteiger partial charge in [-0.1, -0.05) is 13.0 Å². The summed E-state index contributed by atoms with van der Waals surface area (Å²) in [5, 5.41) is 6.00. The van der Waals surface area contributed by atoms with Gasteiger partial charge in [-0.3, -0.25) is 9.59 Å². The third kappa shape index (κ3) is 5.92. The molecule has 7 heteroatoms. The summed E-state index contributed by atoms with van der Waals surface area (Å²) in [7, 11) is 3.03. The molecular weight excluding hydrogens is 351 g/mol. The molecule has 2 amide bonds. The quantitative estimate of drug-likeness (QED) is 0.653. The average Bonchev–Trinajstić information content (AvgIpc) is 3.02. The predicted octanol–water partition coefficient (Wildman–Crippen LogP) is 2.35. The summed E-state index contributed by atoms with van der Waals surface area (Å²) < 4.78 is 23.8. The number of amides is 2. The first kappa shape index (κ1) is 21.2. The second-order valence-electron chi connectivity index (χ2n) is 7.10. The van der Waals surface area contributed by atoms with Crippen LogP contribution in [0.4, 0.5) is 4.39 Å². The van der Waals surface area contributed by atoms with Crippen LogP contribution in [0.1, 0.15) is 44.6 Å². The number of hydrogen-bond donors (Lipinski definition) is 2. The van der Waals surface area contributed by atoms with E-state index in [2.05, 4.69) is 10.6 Å². The minimum Gasteiger partial charge on any atom is -0.494 e. The first-order valence-electron chi connectivity index (χ1n) is 9.33. The predicted molar refractivity (Wildman–Crippen MR) is 100 cm³/mol. The summed E-state index contributed by atoms with van der Waals surface area (Å²) in [5.41, 5.74) is 0.363. The molecular formula is C20H29FN2O4. The third-order valence-electron chi connectivity index (χ3n) is 5.05. The van der Waals surface area contributed by atoms with Gasteiger partial charge in [0.2, 0.25) is 11.8 Å². The van der Waals surface area contributed by atoms with E-state index in [1.54, 1.807) is 19.2 Å². The van der Waals surface area contributed by atoms with Gasteiger partial charge in [0.05, 0.1) is 19.8 Å². The lowest BCUT2D eigenvalue weighted by atomic mass is 9.85. The number of hydrogen-bond acceptors (Lipinski definition) is 4.